The molecule has 0 radical (unpaired) electrons. The van der Waals surface area contributed by atoms with Crippen LogP contribution in [0.25, 0.3) is 0 Å². The standard InChI is InChI=1S/C11H11N5OS/c1-3-16-10(17)14-15-11(16)18-9-5-8(6-12)4-7(2)13-9/h4-5H,3H2,1-2H3,(H,14,17). The molecule has 0 amide bonds. The maximum Gasteiger partial charge on any atom is 0.343 e. The van der Waals surface area contributed by atoms with Crippen LogP contribution >= 0.6 is 11.8 Å². The van der Waals surface area contributed by atoms with Gasteiger partial charge < -0.3 is 0 Å². The quantitative estimate of drug-likeness (QED) is 0.900. The zero-order chi connectivity index (χ0) is 13.1. The topological polar surface area (TPSA) is 87.4 Å². The molecule has 1 N–H and O–H groups in total. The first-order valence-electron chi connectivity index (χ1n) is 5.36. The summed E-state index contributed by atoms with van der Waals surface area (Å²) in [5.41, 5.74) is 1.07. The van der Waals surface area contributed by atoms with Crippen molar-refractivity contribution in [1.29, 1.82) is 5.26 Å². The molecule has 0 bridgehead atoms. The number of aromatic nitrogens is 4. The molecule has 2 aromatic heterocycles. The van der Waals surface area contributed by atoms with Gasteiger partial charge in [-0.2, -0.15) is 5.26 Å². The second-order valence-corrected chi connectivity index (χ2v) is 4.59. The molecule has 6 nitrogen and oxygen atoms in total. The van der Waals surface area contributed by atoms with E-state index in [-0.39, 0.29) is 5.69 Å². The molecule has 0 fully saturated rings. The third-order valence-corrected chi connectivity index (χ3v) is 3.21. The van der Waals surface area contributed by atoms with Crippen molar-refractivity contribution in [1.82, 2.24) is 19.7 Å². The van der Waals surface area contributed by atoms with Gasteiger partial charge in [-0.05, 0) is 37.7 Å². The third-order valence-electron chi connectivity index (χ3n) is 2.29. The van der Waals surface area contributed by atoms with Crippen molar-refractivity contribution in [3.8, 4) is 6.07 Å². The number of nitrogens with one attached hydrogen (secondary N) is 1. The normalized spacial score (nSPS) is 10.3. The van der Waals surface area contributed by atoms with E-state index in [2.05, 4.69) is 21.3 Å². The molecule has 2 heterocycles. The predicted octanol–water partition coefficient (Wildman–Crippen LogP) is 1.32. The van der Waals surface area contributed by atoms with Crippen molar-refractivity contribution in [2.75, 3.05) is 0 Å². The van der Waals surface area contributed by atoms with Crippen LogP contribution < -0.4 is 5.69 Å². The number of pyridine rings is 1. The van der Waals surface area contributed by atoms with E-state index in [1.165, 1.54) is 16.3 Å². The van der Waals surface area contributed by atoms with Crippen LogP contribution in [-0.2, 0) is 6.54 Å². The largest absolute Gasteiger partial charge is 0.343 e. The Morgan fingerprint density at radius 2 is 2.33 bits per heavy atom. The average molecular weight is 261 g/mol. The molecule has 92 valence electrons. The molecule has 0 unspecified atom stereocenters. The number of nitriles is 1. The van der Waals surface area contributed by atoms with Crippen molar-refractivity contribution < 1.29 is 0 Å². The van der Waals surface area contributed by atoms with Crippen molar-refractivity contribution >= 4 is 11.8 Å². The Kier molecular flexibility index (Phi) is 3.48. The molecular formula is C11H11N5OS. The van der Waals surface area contributed by atoms with Gasteiger partial charge in [0.2, 0.25) is 0 Å². The van der Waals surface area contributed by atoms with E-state index in [1.807, 2.05) is 13.8 Å². The van der Waals surface area contributed by atoms with Gasteiger partial charge in [-0.15, -0.1) is 5.10 Å². The molecule has 2 aromatic rings. The second-order valence-electron chi connectivity index (χ2n) is 3.60. The van der Waals surface area contributed by atoms with Gasteiger partial charge in [0.1, 0.15) is 5.03 Å². The van der Waals surface area contributed by atoms with E-state index in [1.54, 1.807) is 12.1 Å². The van der Waals surface area contributed by atoms with Crippen LogP contribution in [0.3, 0.4) is 0 Å². The average Bonchev–Trinajstić information content (AvgIpc) is 2.69. The summed E-state index contributed by atoms with van der Waals surface area (Å²) in [6.07, 6.45) is 0. The smallest absolute Gasteiger partial charge is 0.270 e. The van der Waals surface area contributed by atoms with Gasteiger partial charge in [-0.1, -0.05) is 0 Å². The zero-order valence-corrected chi connectivity index (χ0v) is 10.8. The summed E-state index contributed by atoms with van der Waals surface area (Å²) in [7, 11) is 0. The van der Waals surface area contributed by atoms with Crippen LogP contribution in [0.2, 0.25) is 0 Å². The lowest BCUT2D eigenvalue weighted by molar-refractivity contribution is 0.660. The minimum Gasteiger partial charge on any atom is -0.270 e. The summed E-state index contributed by atoms with van der Waals surface area (Å²) >= 11 is 1.26. The van der Waals surface area contributed by atoms with Crippen molar-refractivity contribution in [3.05, 3.63) is 33.9 Å². The number of nitrogens with zero attached hydrogens (tertiary/aromatic N) is 4. The number of hydrogen-bond donors (Lipinski definition) is 1. The van der Waals surface area contributed by atoms with Crippen LogP contribution in [0.1, 0.15) is 18.2 Å². The minimum atomic E-state index is -0.242. The van der Waals surface area contributed by atoms with Gasteiger partial charge in [-0.25, -0.2) is 14.9 Å². The number of aryl methyl sites for hydroxylation is 1. The molecule has 0 aromatic carbocycles. The maximum atomic E-state index is 11.4. The first-order chi connectivity index (χ1) is 8.63. The van der Waals surface area contributed by atoms with E-state index in [9.17, 15) is 4.79 Å². The van der Waals surface area contributed by atoms with Gasteiger partial charge in [-0.3, -0.25) is 4.57 Å². The molecule has 2 rings (SSSR count). The summed E-state index contributed by atoms with van der Waals surface area (Å²) in [4.78, 5) is 15.7. The highest BCUT2D eigenvalue weighted by molar-refractivity contribution is 7.99. The van der Waals surface area contributed by atoms with Gasteiger partial charge in [0.15, 0.2) is 5.16 Å². The van der Waals surface area contributed by atoms with Crippen LogP contribution in [-0.4, -0.2) is 19.7 Å². The molecule has 0 aliphatic heterocycles. The van der Waals surface area contributed by atoms with Crippen molar-refractivity contribution in [3.63, 3.8) is 0 Å². The van der Waals surface area contributed by atoms with E-state index < -0.39 is 0 Å². The summed E-state index contributed by atoms with van der Waals surface area (Å²) in [6, 6.07) is 5.46. The monoisotopic (exact) mass is 261 g/mol. The van der Waals surface area contributed by atoms with Crippen LogP contribution in [0.5, 0.6) is 0 Å². The van der Waals surface area contributed by atoms with Crippen molar-refractivity contribution in [2.45, 2.75) is 30.6 Å². The fourth-order valence-corrected chi connectivity index (χ4v) is 2.48. The van der Waals surface area contributed by atoms with E-state index in [0.717, 1.165) is 5.69 Å². The van der Waals surface area contributed by atoms with Gasteiger partial charge >= 0.3 is 5.69 Å². The highest BCUT2D eigenvalue weighted by atomic mass is 32.2. The summed E-state index contributed by atoms with van der Waals surface area (Å²) in [6.45, 7) is 4.22. The number of hydrogen-bond acceptors (Lipinski definition) is 5. The van der Waals surface area contributed by atoms with Crippen molar-refractivity contribution in [2.24, 2.45) is 0 Å². The highest BCUT2D eigenvalue weighted by Crippen LogP contribution is 2.24. The molecular weight excluding hydrogens is 250 g/mol. The first kappa shape index (κ1) is 12.4. The summed E-state index contributed by atoms with van der Waals surface area (Å²) in [5.74, 6) is 0. The molecule has 0 aliphatic carbocycles. The van der Waals surface area contributed by atoms with Gasteiger partial charge in [0, 0.05) is 12.2 Å². The Balaban J connectivity index is 2.37. The fourth-order valence-electron chi connectivity index (χ4n) is 1.51. The van der Waals surface area contributed by atoms with Crippen LogP contribution in [0.15, 0.2) is 27.1 Å². The number of rotatable bonds is 3. The molecule has 0 atom stereocenters. The Labute approximate surface area is 108 Å². The summed E-state index contributed by atoms with van der Waals surface area (Å²) < 4.78 is 1.51. The summed E-state index contributed by atoms with van der Waals surface area (Å²) in [5, 5.41) is 16.4. The highest BCUT2D eigenvalue weighted by Gasteiger charge is 2.10. The first-order valence-corrected chi connectivity index (χ1v) is 6.17. The Morgan fingerprint density at radius 3 is 3.00 bits per heavy atom. The lowest BCUT2D eigenvalue weighted by atomic mass is 10.2. The number of H-pyrrole nitrogens is 1. The van der Waals surface area contributed by atoms with E-state index >= 15 is 0 Å². The molecule has 0 aliphatic rings. The zero-order valence-electron chi connectivity index (χ0n) is 9.97. The van der Waals surface area contributed by atoms with Crippen LogP contribution in [0, 0.1) is 18.3 Å². The lowest BCUT2D eigenvalue weighted by Crippen LogP contribution is -2.16. The molecule has 18 heavy (non-hydrogen) atoms. The Bertz CT molecular complexity index is 667. The lowest BCUT2D eigenvalue weighted by Gasteiger charge is -2.03. The predicted molar refractivity (Wildman–Crippen MR) is 66.3 cm³/mol. The molecule has 0 spiro atoms. The Morgan fingerprint density at radius 1 is 1.56 bits per heavy atom. The molecule has 7 heteroatoms. The fraction of sp³-hybridized carbons (Fsp3) is 0.273. The second kappa shape index (κ2) is 5.06. The SMILES string of the molecule is CCn1c(Sc2cc(C#N)cc(C)n2)n[nH]c1=O. The van der Waals surface area contributed by atoms with Gasteiger partial charge in [0.25, 0.3) is 0 Å². The maximum absolute atomic E-state index is 11.4. The third kappa shape index (κ3) is 2.43. The minimum absolute atomic E-state index is 0.242. The Hall–Kier alpha value is -2.07. The molecule has 0 saturated carbocycles. The van der Waals surface area contributed by atoms with Gasteiger partial charge in [0.05, 0.1) is 11.6 Å². The van der Waals surface area contributed by atoms with E-state index in [0.29, 0.717) is 22.3 Å². The molecule has 0 saturated heterocycles. The van der Waals surface area contributed by atoms with E-state index in [4.69, 9.17) is 5.26 Å². The number of aromatic amines is 1. The van der Waals surface area contributed by atoms with Crippen LogP contribution in [0.4, 0.5) is 0 Å².